The summed E-state index contributed by atoms with van der Waals surface area (Å²) in [6, 6.07) is 5.73. The smallest absolute Gasteiger partial charge is 0.282 e. The van der Waals surface area contributed by atoms with E-state index in [2.05, 4.69) is 16.5 Å². The Kier molecular flexibility index (Phi) is 4.89. The van der Waals surface area contributed by atoms with Gasteiger partial charge in [0.25, 0.3) is 12.3 Å². The van der Waals surface area contributed by atoms with Crippen molar-refractivity contribution in [1.29, 1.82) is 0 Å². The summed E-state index contributed by atoms with van der Waals surface area (Å²) in [5, 5.41) is 6.46. The zero-order chi connectivity index (χ0) is 19.3. The summed E-state index contributed by atoms with van der Waals surface area (Å²) >= 11 is 12.5. The van der Waals surface area contributed by atoms with Crippen molar-refractivity contribution in [3.8, 4) is 0 Å². The van der Waals surface area contributed by atoms with Crippen LogP contribution >= 0.6 is 23.2 Å². The maximum Gasteiger partial charge on any atom is 0.282 e. The van der Waals surface area contributed by atoms with Gasteiger partial charge in [-0.2, -0.15) is 5.10 Å². The highest BCUT2D eigenvalue weighted by Crippen LogP contribution is 2.54. The standard InChI is InChI=1S/C19H19Cl2F2N3O/c1-26-8-12(17(25-26)18(22)23)19(27)24-13-7-3-4-9-10(13)5-2-6-11(9)14-15(20)16(14)21/h3-4,7-8,11,14-16,18H,2,5-6H2,1H3,(H,24,27)/t11-,14?,15?,16?/m1/s1. The van der Waals surface area contributed by atoms with Crippen LogP contribution in [0.4, 0.5) is 14.5 Å². The molecule has 1 aromatic heterocycles. The molecule has 3 atom stereocenters. The molecule has 2 aliphatic carbocycles. The molecule has 0 spiro atoms. The van der Waals surface area contributed by atoms with Crippen LogP contribution in [-0.4, -0.2) is 26.4 Å². The third kappa shape index (κ3) is 3.34. The minimum Gasteiger partial charge on any atom is -0.322 e. The van der Waals surface area contributed by atoms with Gasteiger partial charge in [-0.3, -0.25) is 9.48 Å². The zero-order valence-corrected chi connectivity index (χ0v) is 16.1. The highest BCUT2D eigenvalue weighted by atomic mass is 35.5. The molecule has 2 aromatic rings. The zero-order valence-electron chi connectivity index (χ0n) is 14.6. The van der Waals surface area contributed by atoms with Gasteiger partial charge in [-0.05, 0) is 42.4 Å². The number of fused-ring (bicyclic) bond motifs is 1. The van der Waals surface area contributed by atoms with E-state index in [1.807, 2.05) is 6.07 Å². The Bertz CT molecular complexity index is 878. The summed E-state index contributed by atoms with van der Waals surface area (Å²) in [5.74, 6) is -0.0708. The molecule has 2 aliphatic rings. The third-order valence-corrected chi connectivity index (χ3v) is 6.73. The van der Waals surface area contributed by atoms with E-state index in [9.17, 15) is 13.6 Å². The molecule has 1 N–H and O–H groups in total. The summed E-state index contributed by atoms with van der Waals surface area (Å²) in [7, 11) is 1.51. The number of amides is 1. The summed E-state index contributed by atoms with van der Waals surface area (Å²) < 4.78 is 27.5. The predicted octanol–water partition coefficient (Wildman–Crippen LogP) is 4.87. The van der Waals surface area contributed by atoms with E-state index >= 15 is 0 Å². The molecular weight excluding hydrogens is 395 g/mol. The molecule has 0 radical (unpaired) electrons. The molecule has 1 saturated carbocycles. The number of rotatable bonds is 4. The van der Waals surface area contributed by atoms with Crippen LogP contribution in [0, 0.1) is 5.92 Å². The first-order valence-corrected chi connectivity index (χ1v) is 9.78. The minimum absolute atomic E-state index is 0.0233. The summed E-state index contributed by atoms with van der Waals surface area (Å²) in [4.78, 5) is 12.6. The van der Waals surface area contributed by atoms with Gasteiger partial charge in [0.1, 0.15) is 5.69 Å². The van der Waals surface area contributed by atoms with Gasteiger partial charge in [0.15, 0.2) is 0 Å². The van der Waals surface area contributed by atoms with Crippen LogP contribution in [0.1, 0.15) is 52.4 Å². The maximum absolute atomic E-state index is 13.2. The van der Waals surface area contributed by atoms with Crippen LogP contribution < -0.4 is 5.32 Å². The molecule has 0 aliphatic heterocycles. The molecule has 144 valence electrons. The first kappa shape index (κ1) is 18.7. The van der Waals surface area contributed by atoms with Crippen molar-refractivity contribution in [2.75, 3.05) is 5.32 Å². The molecule has 1 amide bonds. The lowest BCUT2D eigenvalue weighted by Gasteiger charge is -2.27. The molecule has 27 heavy (non-hydrogen) atoms. The molecule has 1 heterocycles. The van der Waals surface area contributed by atoms with E-state index in [1.54, 1.807) is 6.07 Å². The SMILES string of the molecule is Cn1cc(C(=O)Nc2cccc3c2CCC[C@H]3C2C(Cl)C2Cl)c(C(F)F)n1. The lowest BCUT2D eigenvalue weighted by molar-refractivity contribution is 0.101. The third-order valence-electron chi connectivity index (χ3n) is 5.47. The van der Waals surface area contributed by atoms with Crippen LogP contribution in [0.3, 0.4) is 0 Å². The van der Waals surface area contributed by atoms with Gasteiger partial charge in [0, 0.05) is 24.8 Å². The van der Waals surface area contributed by atoms with Gasteiger partial charge in [0.2, 0.25) is 0 Å². The number of nitrogens with zero attached hydrogens (tertiary/aromatic N) is 2. The van der Waals surface area contributed by atoms with E-state index in [1.165, 1.54) is 17.9 Å². The van der Waals surface area contributed by atoms with Crippen molar-refractivity contribution < 1.29 is 13.6 Å². The van der Waals surface area contributed by atoms with Gasteiger partial charge >= 0.3 is 0 Å². The van der Waals surface area contributed by atoms with Gasteiger partial charge in [-0.15, -0.1) is 23.2 Å². The molecule has 0 saturated heterocycles. The monoisotopic (exact) mass is 413 g/mol. The predicted molar refractivity (Wildman–Crippen MR) is 101 cm³/mol. The molecule has 8 heteroatoms. The first-order valence-electron chi connectivity index (χ1n) is 8.91. The van der Waals surface area contributed by atoms with Crippen molar-refractivity contribution in [1.82, 2.24) is 9.78 Å². The number of carbonyl (C=O) groups is 1. The van der Waals surface area contributed by atoms with Crippen LogP contribution in [0.25, 0.3) is 0 Å². The summed E-state index contributed by atoms with van der Waals surface area (Å²) in [6.07, 6.45) is 1.32. The van der Waals surface area contributed by atoms with E-state index in [0.717, 1.165) is 30.4 Å². The maximum atomic E-state index is 13.2. The van der Waals surface area contributed by atoms with Crippen molar-refractivity contribution in [2.45, 2.75) is 42.4 Å². The average Bonchev–Trinajstić information content (AvgIpc) is 3.03. The number of halogens is 4. The van der Waals surface area contributed by atoms with Crippen LogP contribution in [0.5, 0.6) is 0 Å². The molecular formula is C19H19Cl2F2N3O. The Morgan fingerprint density at radius 1 is 1.33 bits per heavy atom. The Hall–Kier alpha value is -1.66. The fourth-order valence-electron chi connectivity index (χ4n) is 4.14. The van der Waals surface area contributed by atoms with Crippen molar-refractivity contribution in [3.05, 3.63) is 46.8 Å². The quantitative estimate of drug-likeness (QED) is 0.726. The molecule has 4 rings (SSSR count). The second-order valence-electron chi connectivity index (χ2n) is 7.19. The number of aryl methyl sites for hydroxylation is 1. The second kappa shape index (κ2) is 7.06. The Labute approximate surface area is 165 Å². The second-order valence-corrected chi connectivity index (χ2v) is 8.20. The van der Waals surface area contributed by atoms with Crippen molar-refractivity contribution >= 4 is 34.8 Å². The number of hydrogen-bond donors (Lipinski definition) is 1. The summed E-state index contributed by atoms with van der Waals surface area (Å²) in [5.41, 5.74) is 2.23. The van der Waals surface area contributed by atoms with Crippen LogP contribution in [-0.2, 0) is 13.5 Å². The number of alkyl halides is 4. The van der Waals surface area contributed by atoms with Crippen LogP contribution in [0.15, 0.2) is 24.4 Å². The largest absolute Gasteiger partial charge is 0.322 e. The number of anilines is 1. The highest BCUT2D eigenvalue weighted by molar-refractivity contribution is 6.34. The number of nitrogens with one attached hydrogen (secondary N) is 1. The Balaban J connectivity index is 1.62. The summed E-state index contributed by atoms with van der Waals surface area (Å²) in [6.45, 7) is 0. The normalized spacial score (nSPS) is 26.7. The molecule has 2 unspecified atom stereocenters. The lowest BCUT2D eigenvalue weighted by Crippen LogP contribution is -2.19. The van der Waals surface area contributed by atoms with E-state index in [0.29, 0.717) is 5.69 Å². The molecule has 0 bridgehead atoms. The number of hydrogen-bond acceptors (Lipinski definition) is 2. The van der Waals surface area contributed by atoms with Gasteiger partial charge in [-0.1, -0.05) is 12.1 Å². The molecule has 1 fully saturated rings. The molecule has 1 aromatic carbocycles. The Morgan fingerprint density at radius 2 is 2.07 bits per heavy atom. The van der Waals surface area contributed by atoms with E-state index < -0.39 is 18.0 Å². The fourth-order valence-corrected chi connectivity index (χ4v) is 5.04. The lowest BCUT2D eigenvalue weighted by atomic mass is 9.79. The van der Waals surface area contributed by atoms with E-state index in [4.69, 9.17) is 23.2 Å². The number of carbonyl (C=O) groups excluding carboxylic acids is 1. The fraction of sp³-hybridized carbons (Fsp3) is 0.474. The minimum atomic E-state index is -2.81. The van der Waals surface area contributed by atoms with Crippen molar-refractivity contribution in [2.24, 2.45) is 13.0 Å². The van der Waals surface area contributed by atoms with Crippen molar-refractivity contribution in [3.63, 3.8) is 0 Å². The first-order chi connectivity index (χ1) is 12.9. The van der Waals surface area contributed by atoms with Gasteiger partial charge in [-0.25, -0.2) is 8.78 Å². The highest BCUT2D eigenvalue weighted by Gasteiger charge is 2.53. The van der Waals surface area contributed by atoms with E-state index in [-0.39, 0.29) is 28.2 Å². The van der Waals surface area contributed by atoms with Crippen LogP contribution in [0.2, 0.25) is 0 Å². The Morgan fingerprint density at radius 3 is 2.74 bits per heavy atom. The number of benzene rings is 1. The average molecular weight is 414 g/mol. The number of aromatic nitrogens is 2. The van der Waals surface area contributed by atoms with Gasteiger partial charge in [0.05, 0.1) is 16.3 Å². The topological polar surface area (TPSA) is 46.9 Å². The molecule has 4 nitrogen and oxygen atoms in total. The van der Waals surface area contributed by atoms with Gasteiger partial charge < -0.3 is 5.32 Å².